The predicted octanol–water partition coefficient (Wildman–Crippen LogP) is 1.66. The number of ether oxygens (including phenoxy) is 1. The summed E-state index contributed by atoms with van der Waals surface area (Å²) >= 11 is 5.86. The molecule has 1 aromatic carbocycles. The fourth-order valence-electron chi connectivity index (χ4n) is 1.71. The topological polar surface area (TPSA) is 73.4 Å². The zero-order chi connectivity index (χ0) is 15.2. The van der Waals surface area contributed by atoms with Crippen molar-refractivity contribution in [3.63, 3.8) is 0 Å². The number of hydrogen-bond donors (Lipinski definition) is 1. The largest absolute Gasteiger partial charge is 0.492 e. The lowest BCUT2D eigenvalue weighted by Crippen LogP contribution is -2.33. The van der Waals surface area contributed by atoms with Gasteiger partial charge in [-0.3, -0.25) is 9.48 Å². The lowest BCUT2D eigenvalue weighted by Gasteiger charge is -2.17. The van der Waals surface area contributed by atoms with E-state index in [1.54, 1.807) is 36.3 Å². The van der Waals surface area contributed by atoms with E-state index in [1.807, 2.05) is 12.1 Å². The van der Waals surface area contributed by atoms with Gasteiger partial charge < -0.3 is 15.4 Å². The van der Waals surface area contributed by atoms with Gasteiger partial charge in [0.2, 0.25) is 5.91 Å². The van der Waals surface area contributed by atoms with Crippen molar-refractivity contribution in [2.45, 2.75) is 6.54 Å². The predicted molar refractivity (Wildman–Crippen MR) is 81.2 cm³/mol. The summed E-state index contributed by atoms with van der Waals surface area (Å²) in [7, 11) is 1.72. The van der Waals surface area contributed by atoms with E-state index >= 15 is 0 Å². The first-order valence-corrected chi connectivity index (χ1v) is 6.83. The minimum Gasteiger partial charge on any atom is -0.492 e. The van der Waals surface area contributed by atoms with Crippen molar-refractivity contribution in [2.75, 3.05) is 25.9 Å². The highest BCUT2D eigenvalue weighted by Crippen LogP contribution is 2.16. The Balaban J connectivity index is 1.76. The monoisotopic (exact) mass is 308 g/mol. The maximum atomic E-state index is 12.0. The molecule has 1 heterocycles. The van der Waals surface area contributed by atoms with Gasteiger partial charge in [0.25, 0.3) is 0 Å². The Morgan fingerprint density at radius 1 is 1.48 bits per heavy atom. The van der Waals surface area contributed by atoms with Crippen LogP contribution in [-0.2, 0) is 11.3 Å². The number of nitrogen functional groups attached to an aromatic ring is 1. The van der Waals surface area contributed by atoms with E-state index in [2.05, 4.69) is 5.10 Å². The summed E-state index contributed by atoms with van der Waals surface area (Å²) in [4.78, 5) is 13.6. The van der Waals surface area contributed by atoms with E-state index in [0.29, 0.717) is 29.7 Å². The summed E-state index contributed by atoms with van der Waals surface area (Å²) in [5.41, 5.74) is 5.50. The third-order valence-corrected chi connectivity index (χ3v) is 3.11. The summed E-state index contributed by atoms with van der Waals surface area (Å²) < 4.78 is 7.05. The van der Waals surface area contributed by atoms with E-state index in [-0.39, 0.29) is 12.5 Å². The molecule has 0 aliphatic rings. The number of aromatic nitrogens is 2. The third-order valence-electron chi connectivity index (χ3n) is 2.88. The number of carbonyl (C=O) groups excluding carboxylic acids is 1. The maximum absolute atomic E-state index is 12.0. The molecular weight excluding hydrogens is 292 g/mol. The Morgan fingerprint density at radius 2 is 2.29 bits per heavy atom. The summed E-state index contributed by atoms with van der Waals surface area (Å²) in [6.45, 7) is 1.02. The minimum absolute atomic E-state index is 0.0622. The van der Waals surface area contributed by atoms with Crippen LogP contribution in [0.15, 0.2) is 36.5 Å². The number of halogens is 1. The van der Waals surface area contributed by atoms with Gasteiger partial charge in [-0.25, -0.2) is 0 Å². The molecule has 2 rings (SSSR count). The van der Waals surface area contributed by atoms with E-state index in [9.17, 15) is 4.79 Å². The van der Waals surface area contributed by atoms with Gasteiger partial charge in [-0.05, 0) is 24.3 Å². The zero-order valence-corrected chi connectivity index (χ0v) is 12.5. The Labute approximate surface area is 128 Å². The molecule has 0 radical (unpaired) electrons. The fourth-order valence-corrected chi connectivity index (χ4v) is 1.89. The average Bonchev–Trinajstić information content (AvgIpc) is 2.84. The molecule has 0 aliphatic carbocycles. The number of anilines is 1. The van der Waals surface area contributed by atoms with Gasteiger partial charge in [-0.1, -0.05) is 17.7 Å². The molecule has 1 amide bonds. The third kappa shape index (κ3) is 4.68. The highest BCUT2D eigenvalue weighted by atomic mass is 35.5. The molecule has 0 aliphatic heterocycles. The molecular formula is C14H17ClN4O2. The first-order chi connectivity index (χ1) is 10.0. The van der Waals surface area contributed by atoms with Crippen LogP contribution in [0.1, 0.15) is 0 Å². The van der Waals surface area contributed by atoms with Crippen LogP contribution in [0.4, 0.5) is 5.82 Å². The van der Waals surface area contributed by atoms with Crippen molar-refractivity contribution < 1.29 is 9.53 Å². The SMILES string of the molecule is CN(CCOc1cccc(Cl)c1)C(=O)Cn1ccc(N)n1. The van der Waals surface area contributed by atoms with Crippen LogP contribution in [0.2, 0.25) is 5.02 Å². The van der Waals surface area contributed by atoms with E-state index in [1.165, 1.54) is 4.68 Å². The molecule has 0 fully saturated rings. The number of rotatable bonds is 6. The molecule has 0 saturated carbocycles. The lowest BCUT2D eigenvalue weighted by molar-refractivity contribution is -0.131. The van der Waals surface area contributed by atoms with Gasteiger partial charge in [-0.15, -0.1) is 0 Å². The number of benzene rings is 1. The normalized spacial score (nSPS) is 10.4. The molecule has 0 atom stereocenters. The number of nitrogens with two attached hydrogens (primary N) is 1. The van der Waals surface area contributed by atoms with E-state index in [4.69, 9.17) is 22.1 Å². The van der Waals surface area contributed by atoms with E-state index in [0.717, 1.165) is 0 Å². The number of amides is 1. The molecule has 0 bridgehead atoms. The Morgan fingerprint density at radius 3 is 2.95 bits per heavy atom. The fraction of sp³-hybridized carbons (Fsp3) is 0.286. The molecule has 0 saturated heterocycles. The van der Waals surface area contributed by atoms with E-state index < -0.39 is 0 Å². The van der Waals surface area contributed by atoms with Gasteiger partial charge in [-0.2, -0.15) is 5.10 Å². The number of likely N-dealkylation sites (N-methyl/N-ethyl adjacent to an activating group) is 1. The van der Waals surface area contributed by atoms with Crippen molar-refractivity contribution in [2.24, 2.45) is 0 Å². The van der Waals surface area contributed by atoms with Crippen LogP contribution in [0.5, 0.6) is 5.75 Å². The van der Waals surface area contributed by atoms with Crippen molar-refractivity contribution in [1.82, 2.24) is 14.7 Å². The highest BCUT2D eigenvalue weighted by molar-refractivity contribution is 6.30. The van der Waals surface area contributed by atoms with Crippen molar-refractivity contribution in [1.29, 1.82) is 0 Å². The van der Waals surface area contributed by atoms with Gasteiger partial charge in [0, 0.05) is 18.3 Å². The van der Waals surface area contributed by atoms with Crippen molar-refractivity contribution in [3.8, 4) is 5.75 Å². The maximum Gasteiger partial charge on any atom is 0.244 e. The van der Waals surface area contributed by atoms with Crippen LogP contribution < -0.4 is 10.5 Å². The second-order valence-corrected chi connectivity index (χ2v) is 5.00. The molecule has 0 unspecified atom stereocenters. The second kappa shape index (κ2) is 6.99. The second-order valence-electron chi connectivity index (χ2n) is 4.56. The molecule has 2 N–H and O–H groups in total. The van der Waals surface area contributed by atoms with Crippen LogP contribution in [-0.4, -0.2) is 40.8 Å². The summed E-state index contributed by atoms with van der Waals surface area (Å²) in [5, 5.41) is 4.59. The average molecular weight is 309 g/mol. The molecule has 6 nitrogen and oxygen atoms in total. The van der Waals surface area contributed by atoms with Gasteiger partial charge >= 0.3 is 0 Å². The van der Waals surface area contributed by atoms with Crippen LogP contribution in [0, 0.1) is 0 Å². The molecule has 0 spiro atoms. The summed E-state index contributed by atoms with van der Waals surface area (Å²) in [5.74, 6) is 1.02. The Bertz CT molecular complexity index is 615. The van der Waals surface area contributed by atoms with Crippen LogP contribution in [0.25, 0.3) is 0 Å². The standard InChI is InChI=1S/C14H17ClN4O2/c1-18(14(20)10-19-6-5-13(16)17-19)7-8-21-12-4-2-3-11(15)9-12/h2-6,9H,7-8,10H2,1H3,(H2,16,17). The molecule has 21 heavy (non-hydrogen) atoms. The van der Waals surface area contributed by atoms with Gasteiger partial charge in [0.1, 0.15) is 24.7 Å². The molecule has 112 valence electrons. The Hall–Kier alpha value is -2.21. The number of nitrogens with zero attached hydrogens (tertiary/aromatic N) is 3. The van der Waals surface area contributed by atoms with Crippen LogP contribution >= 0.6 is 11.6 Å². The minimum atomic E-state index is -0.0622. The van der Waals surface area contributed by atoms with Crippen LogP contribution in [0.3, 0.4) is 0 Å². The molecule has 1 aromatic heterocycles. The summed E-state index contributed by atoms with van der Waals surface area (Å²) in [6, 6.07) is 8.79. The van der Waals surface area contributed by atoms with Gasteiger partial charge in [0.15, 0.2) is 0 Å². The molecule has 7 heteroatoms. The number of hydrogen-bond acceptors (Lipinski definition) is 4. The summed E-state index contributed by atoms with van der Waals surface area (Å²) in [6.07, 6.45) is 1.67. The first-order valence-electron chi connectivity index (χ1n) is 6.46. The first kappa shape index (κ1) is 15.2. The smallest absolute Gasteiger partial charge is 0.244 e. The zero-order valence-electron chi connectivity index (χ0n) is 11.7. The number of carbonyl (C=O) groups is 1. The van der Waals surface area contributed by atoms with Crippen molar-refractivity contribution >= 4 is 23.3 Å². The van der Waals surface area contributed by atoms with Gasteiger partial charge in [0.05, 0.1) is 6.54 Å². The Kier molecular flexibility index (Phi) is 5.05. The highest BCUT2D eigenvalue weighted by Gasteiger charge is 2.10. The lowest BCUT2D eigenvalue weighted by atomic mass is 10.3. The van der Waals surface area contributed by atoms with Crippen molar-refractivity contribution in [3.05, 3.63) is 41.6 Å². The quantitative estimate of drug-likeness (QED) is 0.880. The molecule has 2 aromatic rings.